The normalized spacial score (nSPS) is 13.0. The molecule has 0 bridgehead atoms. The number of nitriles is 1. The first kappa shape index (κ1) is 33.6. The zero-order chi connectivity index (χ0) is 30.9. The Balaban J connectivity index is 0.00000461. The standard InChI is InChI=1S/C35H32N4O5.Na/c36-22-25-11-13-26(14-12-25)29-15-16-31(30(21-29)35(42)43)37-32(40)23-44-24-33(41)38-17-19-39(20-18-38)34(27-7-3-1-4-8-27)28-9-5-2-6-10-28;/h1-16,21,34H,17-20,23-24H2,(H,37,40)(H,42,43);/q;+1/p-1. The van der Waals surface area contributed by atoms with Crippen molar-refractivity contribution in [2.24, 2.45) is 0 Å². The minimum atomic E-state index is -1.45. The molecule has 5 rings (SSSR count). The van der Waals surface area contributed by atoms with Gasteiger partial charge in [-0.3, -0.25) is 14.5 Å². The largest absolute Gasteiger partial charge is 1.00 e. The Hall–Kier alpha value is -4.30. The molecule has 10 heteroatoms. The number of carbonyl (C=O) groups is 3. The second-order valence-corrected chi connectivity index (χ2v) is 10.4. The molecule has 0 aliphatic carbocycles. The van der Waals surface area contributed by atoms with E-state index in [2.05, 4.69) is 34.5 Å². The minimum absolute atomic E-state index is 0. The molecule has 0 aromatic heterocycles. The number of aromatic carboxylic acids is 1. The van der Waals surface area contributed by atoms with Crippen molar-refractivity contribution in [1.82, 2.24) is 9.80 Å². The number of nitrogens with one attached hydrogen (secondary N) is 1. The van der Waals surface area contributed by atoms with Gasteiger partial charge in [0.15, 0.2) is 0 Å². The maximum absolute atomic E-state index is 12.9. The molecule has 0 spiro atoms. The molecule has 1 heterocycles. The summed E-state index contributed by atoms with van der Waals surface area (Å²) in [6.07, 6.45) is 0. The van der Waals surface area contributed by atoms with Gasteiger partial charge >= 0.3 is 29.6 Å². The second kappa shape index (κ2) is 16.1. The quantitative estimate of drug-likeness (QED) is 0.259. The molecule has 4 aromatic carbocycles. The van der Waals surface area contributed by atoms with E-state index in [1.54, 1.807) is 35.2 Å². The van der Waals surface area contributed by atoms with Crippen molar-refractivity contribution in [1.29, 1.82) is 5.26 Å². The summed E-state index contributed by atoms with van der Waals surface area (Å²) in [6.45, 7) is 1.76. The van der Waals surface area contributed by atoms with Crippen LogP contribution in [0, 0.1) is 11.3 Å². The number of hydrogen-bond donors (Lipinski definition) is 1. The number of carbonyl (C=O) groups excluding carboxylic acids is 3. The molecule has 2 amide bonds. The summed E-state index contributed by atoms with van der Waals surface area (Å²) in [7, 11) is 0. The van der Waals surface area contributed by atoms with Crippen molar-refractivity contribution in [2.45, 2.75) is 6.04 Å². The van der Waals surface area contributed by atoms with Crippen LogP contribution in [0.15, 0.2) is 103 Å². The molecule has 9 nitrogen and oxygen atoms in total. The molecular weight excluding hydrogens is 579 g/mol. The maximum Gasteiger partial charge on any atom is 1.00 e. The first-order chi connectivity index (χ1) is 21.4. The minimum Gasteiger partial charge on any atom is -0.545 e. The summed E-state index contributed by atoms with van der Waals surface area (Å²) in [5.41, 5.74) is 4.04. The van der Waals surface area contributed by atoms with Crippen molar-refractivity contribution < 1.29 is 53.8 Å². The number of carboxylic acids is 1. The van der Waals surface area contributed by atoms with E-state index in [0.29, 0.717) is 42.9 Å². The number of nitrogens with zero attached hydrogens (tertiary/aromatic N) is 3. The van der Waals surface area contributed by atoms with Crippen LogP contribution in [0.1, 0.15) is 33.1 Å². The molecule has 222 valence electrons. The molecule has 0 unspecified atom stereocenters. The van der Waals surface area contributed by atoms with Crippen molar-refractivity contribution in [2.75, 3.05) is 44.7 Å². The van der Waals surface area contributed by atoms with Crippen LogP contribution in [0.2, 0.25) is 0 Å². The molecule has 1 N–H and O–H groups in total. The van der Waals surface area contributed by atoms with E-state index in [0.717, 1.165) is 0 Å². The number of amides is 2. The average molecular weight is 611 g/mol. The molecule has 1 fully saturated rings. The maximum atomic E-state index is 12.9. The Morgan fingerprint density at radius 1 is 0.800 bits per heavy atom. The van der Waals surface area contributed by atoms with Crippen LogP contribution in [-0.2, 0) is 14.3 Å². The molecule has 0 atom stereocenters. The zero-order valence-corrected chi connectivity index (χ0v) is 27.0. The Labute approximate surface area is 284 Å². The Kier molecular flexibility index (Phi) is 12.0. The number of benzene rings is 4. The van der Waals surface area contributed by atoms with E-state index in [9.17, 15) is 19.5 Å². The predicted molar refractivity (Wildman–Crippen MR) is 163 cm³/mol. The van der Waals surface area contributed by atoms with E-state index in [1.807, 2.05) is 42.5 Å². The number of rotatable bonds is 10. The molecule has 45 heavy (non-hydrogen) atoms. The average Bonchev–Trinajstić information content (AvgIpc) is 3.06. The number of hydrogen-bond acceptors (Lipinski definition) is 7. The fourth-order valence-electron chi connectivity index (χ4n) is 5.36. The molecule has 1 saturated heterocycles. The third-order valence-electron chi connectivity index (χ3n) is 7.58. The van der Waals surface area contributed by atoms with E-state index in [1.165, 1.54) is 23.3 Å². The third-order valence-corrected chi connectivity index (χ3v) is 7.58. The summed E-state index contributed by atoms with van der Waals surface area (Å²) >= 11 is 0. The van der Waals surface area contributed by atoms with Crippen LogP contribution >= 0.6 is 0 Å². The topological polar surface area (TPSA) is 126 Å². The molecule has 1 aliphatic heterocycles. The summed E-state index contributed by atoms with van der Waals surface area (Å²) in [5.74, 6) is -2.26. The summed E-state index contributed by atoms with van der Waals surface area (Å²) in [5, 5.41) is 23.3. The molecule has 1 aliphatic rings. The van der Waals surface area contributed by atoms with Gasteiger partial charge in [-0.2, -0.15) is 5.26 Å². The van der Waals surface area contributed by atoms with Crippen LogP contribution in [0.5, 0.6) is 0 Å². The first-order valence-corrected chi connectivity index (χ1v) is 14.3. The monoisotopic (exact) mass is 610 g/mol. The smallest absolute Gasteiger partial charge is 0.545 e. The van der Waals surface area contributed by atoms with Crippen LogP contribution in [-0.4, -0.2) is 67.0 Å². The van der Waals surface area contributed by atoms with Crippen LogP contribution < -0.4 is 40.0 Å². The van der Waals surface area contributed by atoms with Crippen LogP contribution in [0.3, 0.4) is 0 Å². The van der Waals surface area contributed by atoms with Gasteiger partial charge in [0.25, 0.3) is 0 Å². The van der Waals surface area contributed by atoms with Gasteiger partial charge in [-0.05, 0) is 46.5 Å². The number of anilines is 1. The van der Waals surface area contributed by atoms with Gasteiger partial charge in [0, 0.05) is 37.4 Å². The van der Waals surface area contributed by atoms with Crippen LogP contribution in [0.25, 0.3) is 11.1 Å². The summed E-state index contributed by atoms with van der Waals surface area (Å²) in [4.78, 5) is 41.3. The first-order valence-electron chi connectivity index (χ1n) is 14.3. The number of piperazine rings is 1. The summed E-state index contributed by atoms with van der Waals surface area (Å²) in [6, 6.07) is 33.9. The Morgan fingerprint density at radius 3 is 1.93 bits per heavy atom. The van der Waals surface area contributed by atoms with Gasteiger partial charge in [-0.25, -0.2) is 0 Å². The van der Waals surface area contributed by atoms with E-state index >= 15 is 0 Å². The van der Waals surface area contributed by atoms with Gasteiger partial charge in [-0.1, -0.05) is 78.9 Å². The Morgan fingerprint density at radius 2 is 1.38 bits per heavy atom. The van der Waals surface area contributed by atoms with E-state index < -0.39 is 18.5 Å². The van der Waals surface area contributed by atoms with E-state index in [-0.39, 0.29) is 59.4 Å². The van der Waals surface area contributed by atoms with Gasteiger partial charge < -0.3 is 24.9 Å². The fraction of sp³-hybridized carbons (Fsp3) is 0.200. The number of ether oxygens (including phenoxy) is 1. The Bertz CT molecular complexity index is 1610. The molecular formula is C35H31N4NaO5. The van der Waals surface area contributed by atoms with Crippen molar-refractivity contribution >= 4 is 23.5 Å². The van der Waals surface area contributed by atoms with Crippen LogP contribution in [0.4, 0.5) is 5.69 Å². The summed E-state index contributed by atoms with van der Waals surface area (Å²) < 4.78 is 5.40. The fourth-order valence-corrected chi connectivity index (χ4v) is 5.36. The predicted octanol–water partition coefficient (Wildman–Crippen LogP) is 0.482. The van der Waals surface area contributed by atoms with Gasteiger partial charge in [0.1, 0.15) is 13.2 Å². The number of carboxylic acid groups (broad SMARTS) is 1. The molecule has 0 saturated carbocycles. The van der Waals surface area contributed by atoms with Gasteiger partial charge in [0.05, 0.1) is 23.6 Å². The molecule has 0 radical (unpaired) electrons. The molecule has 4 aromatic rings. The zero-order valence-electron chi connectivity index (χ0n) is 25.0. The van der Waals surface area contributed by atoms with E-state index in [4.69, 9.17) is 10.00 Å². The second-order valence-electron chi connectivity index (χ2n) is 10.4. The van der Waals surface area contributed by atoms with Gasteiger partial charge in [0.2, 0.25) is 11.8 Å². The van der Waals surface area contributed by atoms with Gasteiger partial charge in [-0.15, -0.1) is 0 Å². The van der Waals surface area contributed by atoms with Crippen molar-refractivity contribution in [3.05, 3.63) is 125 Å². The third kappa shape index (κ3) is 8.66. The van der Waals surface area contributed by atoms with Crippen molar-refractivity contribution in [3.63, 3.8) is 0 Å². The van der Waals surface area contributed by atoms with Crippen molar-refractivity contribution in [3.8, 4) is 17.2 Å². The SMILES string of the molecule is N#Cc1ccc(-c2ccc(NC(=O)COCC(=O)N3CCN(C(c4ccccc4)c4ccccc4)CC3)c(C(=O)[O-])c2)cc1.[Na+].